The number of ether oxygens (including phenoxy) is 1. The molecule has 1 aromatic carbocycles. The monoisotopic (exact) mass is 420 g/mol. The topological polar surface area (TPSA) is 89.7 Å². The van der Waals surface area contributed by atoms with Gasteiger partial charge >= 0.3 is 0 Å². The van der Waals surface area contributed by atoms with Crippen LogP contribution < -0.4 is 4.74 Å². The van der Waals surface area contributed by atoms with E-state index in [4.69, 9.17) is 9.26 Å². The van der Waals surface area contributed by atoms with Gasteiger partial charge in [0.05, 0.1) is 6.61 Å². The Morgan fingerprint density at radius 3 is 2.69 bits per heavy atom. The lowest BCUT2D eigenvalue weighted by molar-refractivity contribution is 0.0729. The van der Waals surface area contributed by atoms with Crippen molar-refractivity contribution in [1.29, 1.82) is 0 Å². The molecule has 29 heavy (non-hydrogen) atoms. The van der Waals surface area contributed by atoms with Crippen LogP contribution in [-0.4, -0.2) is 50.3 Å². The van der Waals surface area contributed by atoms with Crippen LogP contribution in [0.2, 0.25) is 0 Å². The second kappa shape index (κ2) is 10.8. The summed E-state index contributed by atoms with van der Waals surface area (Å²) in [5.41, 5.74) is 1.25. The van der Waals surface area contributed by atoms with Gasteiger partial charge < -0.3 is 14.2 Å². The molecule has 0 saturated heterocycles. The molecule has 0 N–H and O–H groups in total. The smallest absolute Gasteiger partial charge is 0.292 e. The highest BCUT2D eigenvalue weighted by molar-refractivity contribution is 7.93. The molecule has 0 unspecified atom stereocenters. The van der Waals surface area contributed by atoms with Crippen LogP contribution in [0.3, 0.4) is 0 Å². The first-order valence-corrected chi connectivity index (χ1v) is 11.7. The van der Waals surface area contributed by atoms with Crippen LogP contribution in [-0.2, 0) is 9.84 Å². The van der Waals surface area contributed by atoms with E-state index in [0.29, 0.717) is 24.6 Å². The van der Waals surface area contributed by atoms with Gasteiger partial charge in [-0.1, -0.05) is 43.1 Å². The molecular weight excluding hydrogens is 392 g/mol. The molecule has 1 amide bonds. The van der Waals surface area contributed by atoms with Crippen LogP contribution in [0.25, 0.3) is 11.3 Å². The minimum absolute atomic E-state index is 0.107. The van der Waals surface area contributed by atoms with E-state index in [1.54, 1.807) is 11.0 Å². The van der Waals surface area contributed by atoms with E-state index in [9.17, 15) is 13.2 Å². The van der Waals surface area contributed by atoms with Crippen LogP contribution in [0, 0.1) is 0 Å². The Morgan fingerprint density at radius 1 is 1.24 bits per heavy atom. The van der Waals surface area contributed by atoms with E-state index in [2.05, 4.69) is 12.1 Å². The Balaban J connectivity index is 2.21. The average molecular weight is 421 g/mol. The average Bonchev–Trinajstić information content (AvgIpc) is 3.16. The maximum Gasteiger partial charge on any atom is 0.292 e. The normalized spacial score (nSPS) is 11.7. The van der Waals surface area contributed by atoms with Crippen molar-refractivity contribution < 1.29 is 22.5 Å². The molecule has 0 radical (unpaired) electrons. The van der Waals surface area contributed by atoms with Crippen molar-refractivity contribution in [3.63, 3.8) is 0 Å². The van der Waals surface area contributed by atoms with E-state index < -0.39 is 9.84 Å². The lowest BCUT2D eigenvalue weighted by atomic mass is 10.1. The molecule has 7 nitrogen and oxygen atoms in total. The number of benzene rings is 1. The summed E-state index contributed by atoms with van der Waals surface area (Å²) in [6.07, 6.45) is 5.40. The largest absolute Gasteiger partial charge is 0.493 e. The predicted octanol–water partition coefficient (Wildman–Crippen LogP) is 3.93. The summed E-state index contributed by atoms with van der Waals surface area (Å²) in [7, 11) is -3.25. The highest BCUT2D eigenvalue weighted by atomic mass is 32.2. The van der Waals surface area contributed by atoms with Crippen LogP contribution in [0.1, 0.15) is 43.7 Å². The molecule has 1 heterocycles. The number of sulfone groups is 1. The Morgan fingerprint density at radius 2 is 2.00 bits per heavy atom. The van der Waals surface area contributed by atoms with Crippen LogP contribution in [0.4, 0.5) is 0 Å². The maximum atomic E-state index is 12.9. The zero-order valence-corrected chi connectivity index (χ0v) is 17.9. The third kappa shape index (κ3) is 7.05. The summed E-state index contributed by atoms with van der Waals surface area (Å²) in [6.45, 7) is 5.17. The highest BCUT2D eigenvalue weighted by Crippen LogP contribution is 2.29. The molecule has 0 aliphatic rings. The molecule has 0 atom stereocenters. The van der Waals surface area contributed by atoms with Crippen molar-refractivity contribution in [3.05, 3.63) is 47.6 Å². The third-order valence-corrected chi connectivity index (χ3v) is 4.86. The van der Waals surface area contributed by atoms with Gasteiger partial charge in [-0.2, -0.15) is 0 Å². The number of nitrogens with zero attached hydrogens (tertiary/aromatic N) is 2. The Bertz CT molecular complexity index is 934. The molecule has 1 aromatic heterocycles. The van der Waals surface area contributed by atoms with Gasteiger partial charge in [-0.05, 0) is 25.5 Å². The van der Waals surface area contributed by atoms with Gasteiger partial charge in [-0.15, -0.1) is 0 Å². The van der Waals surface area contributed by atoms with E-state index in [1.165, 1.54) is 6.08 Å². The first kappa shape index (κ1) is 22.7. The third-order valence-electron chi connectivity index (χ3n) is 4.17. The number of carbonyl (C=O) groups is 1. The Kier molecular flexibility index (Phi) is 8.45. The molecule has 2 aromatic rings. The number of para-hydroxylation sites is 1. The van der Waals surface area contributed by atoms with Gasteiger partial charge in [0.1, 0.15) is 11.4 Å². The number of unbranched alkanes of at least 4 members (excludes halogenated alkanes) is 2. The minimum Gasteiger partial charge on any atom is -0.493 e. The van der Waals surface area contributed by atoms with Crippen molar-refractivity contribution >= 4 is 15.7 Å². The second-order valence-corrected chi connectivity index (χ2v) is 8.60. The van der Waals surface area contributed by atoms with E-state index in [0.717, 1.165) is 36.5 Å². The van der Waals surface area contributed by atoms with Gasteiger partial charge in [0.2, 0.25) is 5.76 Å². The molecule has 0 aliphatic heterocycles. The molecule has 158 valence electrons. The van der Waals surface area contributed by atoms with E-state index >= 15 is 0 Å². The van der Waals surface area contributed by atoms with Crippen LogP contribution in [0.15, 0.2) is 46.3 Å². The first-order valence-electron chi connectivity index (χ1n) is 9.70. The van der Waals surface area contributed by atoms with Crippen LogP contribution >= 0.6 is 0 Å². The molecule has 0 spiro atoms. The summed E-state index contributed by atoms with van der Waals surface area (Å²) in [5, 5.41) is 5.14. The predicted molar refractivity (Wildman–Crippen MR) is 113 cm³/mol. The maximum absolute atomic E-state index is 12.9. The molecule has 2 rings (SSSR count). The molecule has 0 saturated carbocycles. The fraction of sp³-hybridized carbons (Fsp3) is 0.429. The Hall–Kier alpha value is -2.61. The molecular formula is C21H28N2O5S. The highest BCUT2D eigenvalue weighted by Gasteiger charge is 2.21. The van der Waals surface area contributed by atoms with Crippen molar-refractivity contribution in [3.8, 4) is 17.0 Å². The number of aromatic nitrogens is 1. The fourth-order valence-electron chi connectivity index (χ4n) is 2.79. The van der Waals surface area contributed by atoms with Gasteiger partial charge in [0, 0.05) is 36.4 Å². The number of amides is 1. The minimum atomic E-state index is -3.25. The quantitative estimate of drug-likeness (QED) is 0.512. The standard InChI is InChI=1S/C21H28N2O5S/c1-4-6-9-13-23(14-10-15-29(3,25)26)21(24)20-16-18(22-28-20)17-11-7-8-12-19(17)27-5-2/h7-8,10-12,15-16H,4-6,9,13-14H2,1-3H3/b15-10+. The van der Waals surface area contributed by atoms with Crippen LogP contribution in [0.5, 0.6) is 5.75 Å². The van der Waals surface area contributed by atoms with E-state index in [-0.39, 0.29) is 18.2 Å². The molecule has 0 bridgehead atoms. The van der Waals surface area contributed by atoms with Gasteiger partial charge in [0.25, 0.3) is 5.91 Å². The summed E-state index contributed by atoms with van der Waals surface area (Å²) in [4.78, 5) is 14.5. The van der Waals surface area contributed by atoms with E-state index in [1.807, 2.05) is 31.2 Å². The summed E-state index contributed by atoms with van der Waals surface area (Å²) >= 11 is 0. The lowest BCUT2D eigenvalue weighted by Gasteiger charge is -2.19. The van der Waals surface area contributed by atoms with Gasteiger partial charge in [-0.3, -0.25) is 4.79 Å². The summed E-state index contributed by atoms with van der Waals surface area (Å²) in [6, 6.07) is 9.01. The van der Waals surface area contributed by atoms with Gasteiger partial charge in [-0.25, -0.2) is 8.42 Å². The number of hydrogen-bond acceptors (Lipinski definition) is 6. The molecule has 0 fully saturated rings. The summed E-state index contributed by atoms with van der Waals surface area (Å²) < 4.78 is 33.6. The fourth-order valence-corrected chi connectivity index (χ4v) is 3.23. The number of carbonyl (C=O) groups excluding carboxylic acids is 1. The first-order chi connectivity index (χ1) is 13.9. The van der Waals surface area contributed by atoms with Crippen molar-refractivity contribution in [2.24, 2.45) is 0 Å². The molecule has 0 aliphatic carbocycles. The summed E-state index contributed by atoms with van der Waals surface area (Å²) in [5.74, 6) is 0.445. The Labute approximate surface area is 172 Å². The SMILES string of the molecule is CCCCCN(C/C=C/S(C)(=O)=O)C(=O)c1cc(-c2ccccc2OCC)no1. The zero-order valence-electron chi connectivity index (χ0n) is 17.1. The molecule has 8 heteroatoms. The number of hydrogen-bond donors (Lipinski definition) is 0. The van der Waals surface area contributed by atoms with Crippen molar-refractivity contribution in [2.75, 3.05) is 26.0 Å². The van der Waals surface area contributed by atoms with Gasteiger partial charge in [0.15, 0.2) is 9.84 Å². The van der Waals surface area contributed by atoms with Crippen molar-refractivity contribution in [2.45, 2.75) is 33.1 Å². The van der Waals surface area contributed by atoms with Crippen molar-refractivity contribution in [1.82, 2.24) is 10.1 Å². The lowest BCUT2D eigenvalue weighted by Crippen LogP contribution is -2.32. The zero-order chi connectivity index (χ0) is 21.3. The second-order valence-electron chi connectivity index (χ2n) is 6.67. The number of rotatable bonds is 11.